The predicted octanol–water partition coefficient (Wildman–Crippen LogP) is 9.11. The molecular formula is C37H50O3. The first-order valence-corrected chi connectivity index (χ1v) is 16.2. The first-order valence-electron chi connectivity index (χ1n) is 16.2. The molecule has 2 fully saturated rings. The maximum absolute atomic E-state index is 12.5. The molecule has 3 nitrogen and oxygen atoms in total. The third kappa shape index (κ3) is 8.72. The van der Waals surface area contributed by atoms with Gasteiger partial charge in [-0.15, -0.1) is 0 Å². The van der Waals surface area contributed by atoms with Gasteiger partial charge >= 0.3 is 0 Å². The van der Waals surface area contributed by atoms with Gasteiger partial charge in [-0.25, -0.2) is 0 Å². The van der Waals surface area contributed by atoms with E-state index in [1.165, 1.54) is 22.3 Å². The largest absolute Gasteiger partial charge is 0.300 e. The lowest BCUT2D eigenvalue weighted by atomic mass is 9.76. The van der Waals surface area contributed by atoms with Crippen LogP contribution in [0.25, 0.3) is 0 Å². The summed E-state index contributed by atoms with van der Waals surface area (Å²) in [5.41, 5.74) is 5.45. The zero-order chi connectivity index (χ0) is 28.3. The van der Waals surface area contributed by atoms with Crippen LogP contribution < -0.4 is 0 Å². The number of Topliss-reactive ketones (excluding diaryl/α,β-unsaturated/α-hetero) is 3. The Hall–Kier alpha value is -2.55. The Morgan fingerprint density at radius 2 is 0.900 bits per heavy atom. The highest BCUT2D eigenvalue weighted by atomic mass is 16.1. The van der Waals surface area contributed by atoms with Crippen LogP contribution in [0.1, 0.15) is 138 Å². The molecule has 40 heavy (non-hydrogen) atoms. The average molecular weight is 543 g/mol. The zero-order valence-corrected chi connectivity index (χ0v) is 25.0. The molecule has 0 unspecified atom stereocenters. The van der Waals surface area contributed by atoms with Crippen molar-refractivity contribution in [3.63, 3.8) is 0 Å². The highest BCUT2D eigenvalue weighted by Crippen LogP contribution is 2.37. The molecule has 2 aromatic rings. The normalized spacial score (nSPS) is 23.1. The van der Waals surface area contributed by atoms with Crippen LogP contribution in [-0.2, 0) is 27.2 Å². The van der Waals surface area contributed by atoms with E-state index in [9.17, 15) is 14.4 Å². The van der Waals surface area contributed by atoms with Gasteiger partial charge in [-0.05, 0) is 111 Å². The number of carbonyl (C=O) groups is 3. The summed E-state index contributed by atoms with van der Waals surface area (Å²) in [5.74, 6) is 3.01. The molecule has 4 rings (SSSR count). The minimum absolute atomic E-state index is 0.290. The first-order chi connectivity index (χ1) is 19.5. The van der Waals surface area contributed by atoms with E-state index in [4.69, 9.17) is 0 Å². The fourth-order valence-corrected chi connectivity index (χ4v) is 7.09. The van der Waals surface area contributed by atoms with Crippen molar-refractivity contribution in [2.45, 2.75) is 128 Å². The van der Waals surface area contributed by atoms with Gasteiger partial charge in [-0.2, -0.15) is 0 Å². The van der Waals surface area contributed by atoms with Gasteiger partial charge in [0, 0.05) is 37.5 Å². The maximum Gasteiger partial charge on any atom is 0.135 e. The summed E-state index contributed by atoms with van der Waals surface area (Å²) in [6.07, 6.45) is 15.1. The van der Waals surface area contributed by atoms with Crippen molar-refractivity contribution in [2.75, 3.05) is 0 Å². The molecule has 0 aliphatic heterocycles. The summed E-state index contributed by atoms with van der Waals surface area (Å²) in [5, 5.41) is 0. The van der Waals surface area contributed by atoms with E-state index in [1.807, 2.05) is 13.8 Å². The first kappa shape index (κ1) is 30.4. The van der Waals surface area contributed by atoms with Crippen LogP contribution >= 0.6 is 0 Å². The van der Waals surface area contributed by atoms with E-state index in [0.29, 0.717) is 66.7 Å². The van der Waals surface area contributed by atoms with Crippen LogP contribution in [0.4, 0.5) is 0 Å². The smallest absolute Gasteiger partial charge is 0.135 e. The molecule has 0 spiro atoms. The van der Waals surface area contributed by atoms with Crippen LogP contribution in [0.5, 0.6) is 0 Å². The highest BCUT2D eigenvalue weighted by molar-refractivity contribution is 5.81. The number of rotatable bonds is 14. The van der Waals surface area contributed by atoms with E-state index in [-0.39, 0.29) is 0 Å². The van der Waals surface area contributed by atoms with Gasteiger partial charge in [0.1, 0.15) is 17.3 Å². The van der Waals surface area contributed by atoms with Gasteiger partial charge in [0.2, 0.25) is 0 Å². The van der Waals surface area contributed by atoms with E-state index in [0.717, 1.165) is 77.0 Å². The van der Waals surface area contributed by atoms with Crippen LogP contribution in [-0.4, -0.2) is 17.3 Å². The quantitative estimate of drug-likeness (QED) is 0.239. The van der Waals surface area contributed by atoms with Gasteiger partial charge in [0.05, 0.1) is 0 Å². The number of hydrogen-bond donors (Lipinski definition) is 0. The van der Waals surface area contributed by atoms with Crippen molar-refractivity contribution in [1.29, 1.82) is 0 Å². The summed E-state index contributed by atoms with van der Waals surface area (Å²) < 4.78 is 0. The topological polar surface area (TPSA) is 51.2 Å². The van der Waals surface area contributed by atoms with Gasteiger partial charge in [-0.1, -0.05) is 62.4 Å². The number of benzene rings is 2. The maximum atomic E-state index is 12.5. The Labute approximate surface area is 242 Å². The molecule has 2 aliphatic carbocycles. The Morgan fingerprint density at radius 3 is 1.23 bits per heavy atom. The second-order valence-electron chi connectivity index (χ2n) is 12.5. The van der Waals surface area contributed by atoms with Crippen molar-refractivity contribution in [3.8, 4) is 0 Å². The minimum Gasteiger partial charge on any atom is -0.300 e. The molecule has 0 bridgehead atoms. The van der Waals surface area contributed by atoms with E-state index < -0.39 is 0 Å². The fraction of sp³-hybridized carbons (Fsp3) is 0.595. The number of aryl methyl sites for hydroxylation is 2. The summed E-state index contributed by atoms with van der Waals surface area (Å²) in [6, 6.07) is 18.0. The molecule has 0 heterocycles. The molecule has 0 N–H and O–H groups in total. The van der Waals surface area contributed by atoms with Gasteiger partial charge in [0.15, 0.2) is 0 Å². The molecule has 2 saturated carbocycles. The summed E-state index contributed by atoms with van der Waals surface area (Å²) in [6.45, 7) is 3.96. The lowest BCUT2D eigenvalue weighted by Gasteiger charge is -2.28. The predicted molar refractivity (Wildman–Crippen MR) is 164 cm³/mol. The van der Waals surface area contributed by atoms with Crippen LogP contribution in [0, 0.1) is 11.8 Å². The minimum atomic E-state index is 0.290. The van der Waals surface area contributed by atoms with E-state index in [1.54, 1.807) is 0 Å². The monoisotopic (exact) mass is 542 g/mol. The molecule has 0 saturated heterocycles. The number of carbonyl (C=O) groups excluding carboxylic acids is 3. The van der Waals surface area contributed by atoms with Crippen LogP contribution in [0.2, 0.25) is 0 Å². The molecule has 3 heteroatoms. The Kier molecular flexibility index (Phi) is 11.7. The lowest BCUT2D eigenvalue weighted by molar-refractivity contribution is -0.124. The lowest BCUT2D eigenvalue weighted by Crippen LogP contribution is -2.20. The van der Waals surface area contributed by atoms with Crippen molar-refractivity contribution in [2.24, 2.45) is 11.8 Å². The summed E-state index contributed by atoms with van der Waals surface area (Å²) in [7, 11) is 0. The standard InChI is InChI=1S/C37H50O3/c1-3-36(39)33-23-19-31(20-24-33)29-15-11-27(12-16-29)7-5-9-35(38)10-6-8-28-13-17-30(18-14-28)32-21-25-34(26-22-32)37(40)4-2/h11-18,31-34H,3-10,19-26H2,1-2H3/t31-,32?,33-,34?. The summed E-state index contributed by atoms with van der Waals surface area (Å²) >= 11 is 0. The highest BCUT2D eigenvalue weighted by Gasteiger charge is 2.27. The molecule has 0 atom stereocenters. The van der Waals surface area contributed by atoms with Crippen LogP contribution in [0.15, 0.2) is 48.5 Å². The van der Waals surface area contributed by atoms with Crippen molar-refractivity contribution in [3.05, 3.63) is 70.8 Å². The van der Waals surface area contributed by atoms with Gasteiger partial charge in [-0.3, -0.25) is 14.4 Å². The molecule has 0 amide bonds. The van der Waals surface area contributed by atoms with E-state index in [2.05, 4.69) is 48.5 Å². The third-order valence-electron chi connectivity index (χ3n) is 9.81. The Balaban J connectivity index is 1.10. The summed E-state index contributed by atoms with van der Waals surface area (Å²) in [4.78, 5) is 36.5. The second-order valence-corrected chi connectivity index (χ2v) is 12.5. The molecule has 0 aromatic heterocycles. The Bertz CT molecular complexity index is 994. The second kappa shape index (κ2) is 15.5. The zero-order valence-electron chi connectivity index (χ0n) is 25.0. The molecule has 0 radical (unpaired) electrons. The van der Waals surface area contributed by atoms with Gasteiger partial charge < -0.3 is 0 Å². The van der Waals surface area contributed by atoms with Gasteiger partial charge in [0.25, 0.3) is 0 Å². The SMILES string of the molecule is CCC(=O)C1CCC(c2ccc(CCCC(=O)CCCc3ccc([C@H]4CC[C@H](C(=O)CC)CC4)cc3)cc2)CC1. The molecule has 2 aliphatic rings. The van der Waals surface area contributed by atoms with E-state index >= 15 is 0 Å². The number of hydrogen-bond acceptors (Lipinski definition) is 3. The number of ketones is 3. The fourth-order valence-electron chi connectivity index (χ4n) is 7.09. The Morgan fingerprint density at radius 1 is 0.550 bits per heavy atom. The van der Waals surface area contributed by atoms with Crippen LogP contribution in [0.3, 0.4) is 0 Å². The molecule has 2 aromatic carbocycles. The van der Waals surface area contributed by atoms with Crippen molar-refractivity contribution in [1.82, 2.24) is 0 Å². The van der Waals surface area contributed by atoms with Crippen molar-refractivity contribution < 1.29 is 14.4 Å². The third-order valence-corrected chi connectivity index (χ3v) is 9.81. The molecular weight excluding hydrogens is 492 g/mol. The van der Waals surface area contributed by atoms with Crippen molar-refractivity contribution >= 4 is 17.3 Å². The average Bonchev–Trinajstić information content (AvgIpc) is 3.01. The molecule has 216 valence electrons.